The monoisotopic (exact) mass is 365 g/mol. The Hall–Kier alpha value is -2.17. The molecule has 0 radical (unpaired) electrons. The first-order valence-corrected chi connectivity index (χ1v) is 9.93. The molecule has 1 aliphatic rings. The highest BCUT2D eigenvalue weighted by Gasteiger charge is 2.23. The zero-order valence-corrected chi connectivity index (χ0v) is 16.5. The Labute approximate surface area is 163 Å². The van der Waals surface area contributed by atoms with Gasteiger partial charge in [-0.15, -0.1) is 0 Å². The van der Waals surface area contributed by atoms with Crippen molar-refractivity contribution in [3.63, 3.8) is 0 Å². The van der Waals surface area contributed by atoms with Crippen molar-refractivity contribution in [3.05, 3.63) is 65.7 Å². The fourth-order valence-corrected chi connectivity index (χ4v) is 3.84. The van der Waals surface area contributed by atoms with Gasteiger partial charge in [-0.1, -0.05) is 42.5 Å². The number of hydrogen-bond acceptors (Lipinski definition) is 3. The summed E-state index contributed by atoms with van der Waals surface area (Å²) in [5.74, 6) is -0.0299. The summed E-state index contributed by atoms with van der Waals surface area (Å²) in [6, 6.07) is 19.6. The fraction of sp³-hybridized carbons (Fsp3) is 0.435. The molecule has 1 saturated heterocycles. The molecule has 1 N–H and O–H groups in total. The van der Waals surface area contributed by atoms with E-state index in [0.717, 1.165) is 31.7 Å². The molecule has 4 heteroatoms. The first kappa shape index (κ1) is 19.6. The van der Waals surface area contributed by atoms with Crippen LogP contribution in [0.1, 0.15) is 30.9 Å². The van der Waals surface area contributed by atoms with Crippen LogP contribution in [0.3, 0.4) is 0 Å². The molecule has 1 amide bonds. The Morgan fingerprint density at radius 2 is 1.85 bits per heavy atom. The number of amides is 1. The average molecular weight is 366 g/mol. The standard InChI is InChI=1S/C23H31N3O/c1-19(27)24-22-12-10-21(11-13-22)17-25(2)23-9-6-15-26(18-23)16-14-20-7-4-3-5-8-20/h3-5,7-8,10-13,23H,6,9,14-18H2,1-2H3,(H,24,27)/t23-/m0/s1. The normalized spacial score (nSPS) is 17.8. The van der Waals surface area contributed by atoms with E-state index in [1.807, 2.05) is 12.1 Å². The summed E-state index contributed by atoms with van der Waals surface area (Å²) in [6.07, 6.45) is 3.66. The summed E-state index contributed by atoms with van der Waals surface area (Å²) >= 11 is 0. The molecule has 0 bridgehead atoms. The van der Waals surface area contributed by atoms with Gasteiger partial charge in [-0.2, -0.15) is 0 Å². The van der Waals surface area contributed by atoms with Gasteiger partial charge >= 0.3 is 0 Å². The number of likely N-dealkylation sites (tertiary alicyclic amines) is 1. The highest BCUT2D eigenvalue weighted by molar-refractivity contribution is 5.88. The lowest BCUT2D eigenvalue weighted by Gasteiger charge is -2.37. The summed E-state index contributed by atoms with van der Waals surface area (Å²) in [6.45, 7) is 5.97. The lowest BCUT2D eigenvalue weighted by molar-refractivity contribution is -0.114. The van der Waals surface area contributed by atoms with Crippen LogP contribution in [-0.4, -0.2) is 48.4 Å². The van der Waals surface area contributed by atoms with Crippen molar-refractivity contribution in [2.75, 3.05) is 32.0 Å². The number of carbonyl (C=O) groups is 1. The van der Waals surface area contributed by atoms with E-state index < -0.39 is 0 Å². The minimum atomic E-state index is -0.0299. The number of nitrogens with zero attached hydrogens (tertiary/aromatic N) is 2. The number of likely N-dealkylation sites (N-methyl/N-ethyl adjacent to an activating group) is 1. The number of rotatable bonds is 7. The summed E-state index contributed by atoms with van der Waals surface area (Å²) in [5.41, 5.74) is 3.57. The van der Waals surface area contributed by atoms with E-state index in [0.29, 0.717) is 6.04 Å². The molecule has 2 aromatic rings. The topological polar surface area (TPSA) is 35.6 Å². The molecule has 1 aliphatic heterocycles. The zero-order valence-electron chi connectivity index (χ0n) is 16.5. The fourth-order valence-electron chi connectivity index (χ4n) is 3.84. The second kappa shape index (κ2) is 9.67. The smallest absolute Gasteiger partial charge is 0.221 e. The molecule has 0 spiro atoms. The maximum absolute atomic E-state index is 11.1. The third-order valence-electron chi connectivity index (χ3n) is 5.37. The molecule has 144 valence electrons. The SMILES string of the molecule is CC(=O)Nc1ccc(CN(C)[C@H]2CCCN(CCc3ccccc3)C2)cc1. The minimum absolute atomic E-state index is 0.0299. The summed E-state index contributed by atoms with van der Waals surface area (Å²) in [4.78, 5) is 16.2. The van der Waals surface area contributed by atoms with Crippen molar-refractivity contribution < 1.29 is 4.79 Å². The highest BCUT2D eigenvalue weighted by atomic mass is 16.1. The van der Waals surface area contributed by atoms with Crippen molar-refractivity contribution in [1.82, 2.24) is 9.80 Å². The number of nitrogens with one attached hydrogen (secondary N) is 1. The summed E-state index contributed by atoms with van der Waals surface area (Å²) < 4.78 is 0. The van der Waals surface area contributed by atoms with E-state index in [2.05, 4.69) is 64.6 Å². The van der Waals surface area contributed by atoms with E-state index in [1.54, 1.807) is 0 Å². The van der Waals surface area contributed by atoms with Crippen LogP contribution >= 0.6 is 0 Å². The minimum Gasteiger partial charge on any atom is -0.326 e. The van der Waals surface area contributed by atoms with Crippen LogP contribution in [-0.2, 0) is 17.8 Å². The van der Waals surface area contributed by atoms with Gasteiger partial charge in [0.1, 0.15) is 0 Å². The third kappa shape index (κ3) is 6.19. The molecule has 2 aromatic carbocycles. The van der Waals surface area contributed by atoms with E-state index in [4.69, 9.17) is 0 Å². The van der Waals surface area contributed by atoms with Gasteiger partial charge in [0.25, 0.3) is 0 Å². The second-order valence-electron chi connectivity index (χ2n) is 7.63. The van der Waals surface area contributed by atoms with Crippen LogP contribution in [0.25, 0.3) is 0 Å². The van der Waals surface area contributed by atoms with E-state index in [9.17, 15) is 4.79 Å². The van der Waals surface area contributed by atoms with Gasteiger partial charge in [0.05, 0.1) is 0 Å². The Kier molecular flexibility index (Phi) is 7.02. The largest absolute Gasteiger partial charge is 0.326 e. The van der Waals surface area contributed by atoms with Crippen molar-refractivity contribution in [3.8, 4) is 0 Å². The number of anilines is 1. The van der Waals surface area contributed by atoms with Crippen LogP contribution in [0, 0.1) is 0 Å². The van der Waals surface area contributed by atoms with E-state index in [-0.39, 0.29) is 5.91 Å². The van der Waals surface area contributed by atoms with Crippen molar-refractivity contribution in [1.29, 1.82) is 0 Å². The van der Waals surface area contributed by atoms with Crippen molar-refractivity contribution >= 4 is 11.6 Å². The van der Waals surface area contributed by atoms with Gasteiger partial charge in [0.15, 0.2) is 0 Å². The third-order valence-corrected chi connectivity index (χ3v) is 5.37. The first-order chi connectivity index (χ1) is 13.1. The molecule has 1 fully saturated rings. The molecular formula is C23H31N3O. The maximum Gasteiger partial charge on any atom is 0.221 e. The van der Waals surface area contributed by atoms with Gasteiger partial charge in [-0.25, -0.2) is 0 Å². The van der Waals surface area contributed by atoms with Crippen LogP contribution in [0.15, 0.2) is 54.6 Å². The van der Waals surface area contributed by atoms with Gasteiger partial charge in [0, 0.05) is 38.3 Å². The molecule has 0 aromatic heterocycles. The molecule has 0 saturated carbocycles. The van der Waals surface area contributed by atoms with Crippen LogP contribution in [0.5, 0.6) is 0 Å². The van der Waals surface area contributed by atoms with E-state index in [1.165, 1.54) is 37.4 Å². The Balaban J connectivity index is 1.49. The number of piperidine rings is 1. The number of carbonyl (C=O) groups excluding carboxylic acids is 1. The summed E-state index contributed by atoms with van der Waals surface area (Å²) in [5, 5.41) is 2.82. The molecule has 0 aliphatic carbocycles. The number of hydrogen-bond donors (Lipinski definition) is 1. The highest BCUT2D eigenvalue weighted by Crippen LogP contribution is 2.18. The van der Waals surface area contributed by atoms with Crippen LogP contribution in [0.4, 0.5) is 5.69 Å². The van der Waals surface area contributed by atoms with Crippen molar-refractivity contribution in [2.24, 2.45) is 0 Å². The maximum atomic E-state index is 11.1. The molecule has 3 rings (SSSR count). The molecular weight excluding hydrogens is 334 g/mol. The van der Waals surface area contributed by atoms with Crippen LogP contribution in [0.2, 0.25) is 0 Å². The van der Waals surface area contributed by atoms with Gasteiger partial charge in [-0.3, -0.25) is 9.69 Å². The van der Waals surface area contributed by atoms with Gasteiger partial charge in [0.2, 0.25) is 5.91 Å². The van der Waals surface area contributed by atoms with Crippen molar-refractivity contribution in [2.45, 2.75) is 38.8 Å². The predicted molar refractivity (Wildman–Crippen MR) is 112 cm³/mol. The van der Waals surface area contributed by atoms with E-state index >= 15 is 0 Å². The second-order valence-corrected chi connectivity index (χ2v) is 7.63. The molecule has 0 unspecified atom stereocenters. The van der Waals surface area contributed by atoms with Crippen LogP contribution < -0.4 is 5.32 Å². The quantitative estimate of drug-likeness (QED) is 0.811. The molecule has 4 nitrogen and oxygen atoms in total. The summed E-state index contributed by atoms with van der Waals surface area (Å²) in [7, 11) is 2.23. The van der Waals surface area contributed by atoms with Gasteiger partial charge in [-0.05, 0) is 56.1 Å². The lowest BCUT2D eigenvalue weighted by Crippen LogP contribution is -2.46. The Morgan fingerprint density at radius 3 is 2.56 bits per heavy atom. The van der Waals surface area contributed by atoms with Gasteiger partial charge < -0.3 is 10.2 Å². The molecule has 1 heterocycles. The number of benzene rings is 2. The molecule has 1 atom stereocenters. The molecule has 27 heavy (non-hydrogen) atoms. The lowest BCUT2D eigenvalue weighted by atomic mass is 10.0. The Morgan fingerprint density at radius 1 is 1.11 bits per heavy atom. The average Bonchev–Trinajstić information content (AvgIpc) is 2.68. The zero-order chi connectivity index (χ0) is 19.1. The Bertz CT molecular complexity index is 714. The predicted octanol–water partition coefficient (Wildman–Crippen LogP) is 3.78. The first-order valence-electron chi connectivity index (χ1n) is 9.93.